The van der Waals surface area contributed by atoms with Gasteiger partial charge in [-0.15, -0.1) is 0 Å². The van der Waals surface area contributed by atoms with Crippen LogP contribution in [0.5, 0.6) is 0 Å². The number of aliphatic hydroxyl groups is 1. The molecule has 6 heteroatoms. The van der Waals surface area contributed by atoms with Crippen molar-refractivity contribution in [3.63, 3.8) is 0 Å². The molecule has 4 aliphatic carbocycles. The molecule has 4 saturated carbocycles. The minimum absolute atomic E-state index is 0.226. The lowest BCUT2D eigenvalue weighted by atomic mass is 9.40. The number of carbonyl (C=O) groups is 1. The van der Waals surface area contributed by atoms with Gasteiger partial charge in [-0.2, -0.15) is 0 Å². The molecule has 0 amide bonds. The van der Waals surface area contributed by atoms with E-state index in [9.17, 15) is 9.90 Å². The smallest absolute Gasteiger partial charge is 0.129 e. The fourth-order valence-electron chi connectivity index (χ4n) is 7.87. The maximum absolute atomic E-state index is 13.1. The van der Waals surface area contributed by atoms with Crippen molar-refractivity contribution in [2.24, 2.45) is 35.0 Å². The fraction of sp³-hybridized carbons (Fsp3) is 0.952. The van der Waals surface area contributed by atoms with E-state index in [1.54, 1.807) is 0 Å². The molecule has 0 spiro atoms. The van der Waals surface area contributed by atoms with Crippen LogP contribution in [0.4, 0.5) is 0 Å². The quantitative estimate of drug-likeness (QED) is 0.540. The van der Waals surface area contributed by atoms with Gasteiger partial charge >= 0.3 is 0 Å². The van der Waals surface area contributed by atoms with Crippen LogP contribution >= 0.6 is 15.9 Å². The van der Waals surface area contributed by atoms with E-state index in [-0.39, 0.29) is 11.2 Å². The number of ketones is 1. The van der Waals surface area contributed by atoms with Gasteiger partial charge in [0.25, 0.3) is 0 Å². The van der Waals surface area contributed by atoms with Crippen LogP contribution in [-0.4, -0.2) is 44.2 Å². The molecule has 0 aromatic heterocycles. The van der Waals surface area contributed by atoms with Crippen LogP contribution in [0.1, 0.15) is 71.6 Å². The highest BCUT2D eigenvalue weighted by molar-refractivity contribution is 9.11. The number of Topliss-reactive ketones (excluding diaryl/α,β-unsaturated/α-hetero) is 1. The third kappa shape index (κ3) is 3.06. The summed E-state index contributed by atoms with van der Waals surface area (Å²) in [5.41, 5.74) is -0.708. The summed E-state index contributed by atoms with van der Waals surface area (Å²) in [5, 5.41) is 9.58. The summed E-state index contributed by atoms with van der Waals surface area (Å²) in [5.74, 6) is 2.99. The number of halogens is 1. The minimum atomic E-state index is -1.55. The second kappa shape index (κ2) is 6.40. The molecule has 0 bridgehead atoms. The molecule has 0 aromatic carbocycles. The zero-order chi connectivity index (χ0) is 19.8. The van der Waals surface area contributed by atoms with Gasteiger partial charge in [-0.25, -0.2) is 0 Å². The van der Waals surface area contributed by atoms with Crippen molar-refractivity contribution in [1.82, 2.24) is 0 Å². The topological polar surface area (TPSA) is 37.3 Å². The van der Waals surface area contributed by atoms with E-state index in [1.165, 1.54) is 12.8 Å². The SMILES string of the molecule is [B]C([B])(Br)C(=O)[C@@]1([B])CC[C@H]2[C@@H]3CC[C@@H]4C[C@](C)(O)CC[C@@H]4[C@H]3CC[C@@]21C. The summed E-state index contributed by atoms with van der Waals surface area (Å²) < 4.78 is -1.55. The van der Waals surface area contributed by atoms with Gasteiger partial charge in [0.1, 0.15) is 5.78 Å². The lowest BCUT2D eigenvalue weighted by Gasteiger charge is -2.59. The van der Waals surface area contributed by atoms with Crippen LogP contribution in [-0.2, 0) is 4.79 Å². The predicted molar refractivity (Wildman–Crippen MR) is 114 cm³/mol. The molecule has 4 rings (SSSR count). The van der Waals surface area contributed by atoms with Crippen LogP contribution < -0.4 is 0 Å². The Labute approximate surface area is 176 Å². The largest absolute Gasteiger partial charge is 0.390 e. The van der Waals surface area contributed by atoms with E-state index in [0.29, 0.717) is 24.2 Å². The molecular formula is C21H30B3BrO2. The summed E-state index contributed by atoms with van der Waals surface area (Å²) in [6.07, 6.45) is 9.22. The van der Waals surface area contributed by atoms with Gasteiger partial charge in [-0.05, 0) is 105 Å². The van der Waals surface area contributed by atoms with Crippen LogP contribution in [0.15, 0.2) is 0 Å². The van der Waals surface area contributed by atoms with Gasteiger partial charge in [0, 0.05) is 4.12 Å². The third-order valence-corrected chi connectivity index (χ3v) is 9.61. The standard InChI is InChI=1S/C21H30B3BrO2/c1-18(27)8-5-13-12(11-18)3-4-15-14(13)6-9-19(2)16(15)7-10-20(19,22)17(26)21(23,24)25/h12-16,27H,3-11H2,1-2H3/t12-,13+,14-,15-,16+,18-,19+,20+/m1/s1. The second-order valence-corrected chi connectivity index (χ2v) is 12.1. The van der Waals surface area contributed by atoms with Crippen molar-refractivity contribution >= 4 is 45.3 Å². The van der Waals surface area contributed by atoms with Crippen LogP contribution in [0.3, 0.4) is 0 Å². The Hall–Kier alpha value is 0.305. The molecular weight excluding hydrogens is 397 g/mol. The summed E-state index contributed by atoms with van der Waals surface area (Å²) in [7, 11) is 18.6. The molecule has 1 N–H and O–H groups in total. The number of fused-ring (bicyclic) bond motifs is 5. The summed E-state index contributed by atoms with van der Waals surface area (Å²) in [6, 6.07) is 0. The highest BCUT2D eigenvalue weighted by atomic mass is 79.9. The molecule has 6 radical (unpaired) electrons. The van der Waals surface area contributed by atoms with E-state index in [0.717, 1.165) is 50.4 Å². The summed E-state index contributed by atoms with van der Waals surface area (Å²) >= 11 is 3.16. The van der Waals surface area contributed by atoms with Crippen molar-refractivity contribution in [2.75, 3.05) is 0 Å². The van der Waals surface area contributed by atoms with Gasteiger partial charge in [0.15, 0.2) is 0 Å². The second-order valence-electron chi connectivity index (χ2n) is 10.7. The molecule has 0 heterocycles. The Morgan fingerprint density at radius 1 is 1.00 bits per heavy atom. The van der Waals surface area contributed by atoms with Gasteiger partial charge < -0.3 is 9.90 Å². The maximum atomic E-state index is 13.1. The van der Waals surface area contributed by atoms with Crippen LogP contribution in [0.25, 0.3) is 0 Å². The summed E-state index contributed by atoms with van der Waals surface area (Å²) in [4.78, 5) is 13.1. The molecule has 4 fully saturated rings. The molecule has 4 aliphatic rings. The van der Waals surface area contributed by atoms with Crippen LogP contribution in [0.2, 0.25) is 5.31 Å². The number of carbonyl (C=O) groups excluding carboxylic acids is 1. The minimum Gasteiger partial charge on any atom is -0.390 e. The highest BCUT2D eigenvalue weighted by Crippen LogP contribution is 2.71. The lowest BCUT2D eigenvalue weighted by Crippen LogP contribution is -2.54. The van der Waals surface area contributed by atoms with Crippen LogP contribution in [0, 0.1) is 35.0 Å². The molecule has 2 nitrogen and oxygen atoms in total. The van der Waals surface area contributed by atoms with Crippen molar-refractivity contribution in [3.05, 3.63) is 0 Å². The number of rotatable bonds is 2. The molecule has 8 atom stereocenters. The molecule has 0 aromatic rings. The maximum Gasteiger partial charge on any atom is 0.129 e. The van der Waals surface area contributed by atoms with Gasteiger partial charge in [0.2, 0.25) is 0 Å². The highest BCUT2D eigenvalue weighted by Gasteiger charge is 2.64. The molecule has 0 unspecified atom stereocenters. The first kappa shape index (κ1) is 20.6. The van der Waals surface area contributed by atoms with E-state index < -0.39 is 15.0 Å². The first-order valence-corrected chi connectivity index (χ1v) is 11.5. The number of hydrogen-bond acceptors (Lipinski definition) is 2. The first-order valence-electron chi connectivity index (χ1n) is 10.7. The Balaban J connectivity index is 1.59. The van der Waals surface area contributed by atoms with Crippen molar-refractivity contribution in [1.29, 1.82) is 0 Å². The third-order valence-electron chi connectivity index (χ3n) is 9.25. The number of alkyl halides is 1. The molecule has 142 valence electrons. The average molecular weight is 427 g/mol. The normalized spacial score (nSPS) is 52.5. The van der Waals surface area contributed by atoms with Gasteiger partial charge in [0.05, 0.1) is 29.1 Å². The molecule has 27 heavy (non-hydrogen) atoms. The Bertz CT molecular complexity index is 633. The van der Waals surface area contributed by atoms with Crippen molar-refractivity contribution < 1.29 is 9.90 Å². The lowest BCUT2D eigenvalue weighted by molar-refractivity contribution is -0.129. The molecule has 0 saturated heterocycles. The Morgan fingerprint density at radius 3 is 2.33 bits per heavy atom. The van der Waals surface area contributed by atoms with E-state index >= 15 is 0 Å². The van der Waals surface area contributed by atoms with Gasteiger partial charge in [-0.3, -0.25) is 0 Å². The zero-order valence-electron chi connectivity index (χ0n) is 16.7. The van der Waals surface area contributed by atoms with E-state index in [2.05, 4.69) is 22.9 Å². The predicted octanol–water partition coefficient (Wildman–Crippen LogP) is 3.67. The summed E-state index contributed by atoms with van der Waals surface area (Å²) in [6.45, 7) is 4.22. The van der Waals surface area contributed by atoms with Crippen molar-refractivity contribution in [2.45, 2.75) is 86.7 Å². The van der Waals surface area contributed by atoms with Gasteiger partial charge in [-0.1, -0.05) is 22.9 Å². The first-order chi connectivity index (χ1) is 12.4. The number of hydrogen-bond donors (Lipinski definition) is 1. The Morgan fingerprint density at radius 2 is 1.67 bits per heavy atom. The monoisotopic (exact) mass is 426 g/mol. The average Bonchev–Trinajstić information content (AvgIpc) is 2.84. The fourth-order valence-corrected chi connectivity index (χ4v) is 8.23. The van der Waals surface area contributed by atoms with E-state index in [4.69, 9.17) is 23.5 Å². The molecule has 0 aliphatic heterocycles. The zero-order valence-corrected chi connectivity index (χ0v) is 18.3. The Kier molecular flexibility index (Phi) is 4.88. The van der Waals surface area contributed by atoms with Crippen molar-refractivity contribution in [3.8, 4) is 0 Å². The van der Waals surface area contributed by atoms with E-state index in [1.807, 2.05) is 6.92 Å².